The van der Waals surface area contributed by atoms with Gasteiger partial charge in [0.25, 0.3) is 0 Å². The molecular weight excluding hydrogens is 373 g/mol. The first kappa shape index (κ1) is 22.2. The summed E-state index contributed by atoms with van der Waals surface area (Å²) in [5, 5.41) is 0. The summed E-state index contributed by atoms with van der Waals surface area (Å²) >= 11 is 7.86. The van der Waals surface area contributed by atoms with Gasteiger partial charge in [-0.05, 0) is 37.1 Å². The average molecular weight is 400 g/mol. The van der Waals surface area contributed by atoms with E-state index in [0.29, 0.717) is 12.5 Å². The second-order valence-corrected chi connectivity index (χ2v) is 7.27. The summed E-state index contributed by atoms with van der Waals surface area (Å²) in [6, 6.07) is 16.7. The molecule has 0 aliphatic heterocycles. The zero-order valence-electron chi connectivity index (χ0n) is 14.9. The molecule has 0 aromatic heterocycles. The van der Waals surface area contributed by atoms with Crippen LogP contribution >= 0.6 is 35.8 Å². The summed E-state index contributed by atoms with van der Waals surface area (Å²) in [6.45, 7) is 7.74. The Morgan fingerprint density at radius 3 is 2.28 bits per heavy atom. The first-order valence-electron chi connectivity index (χ1n) is 8.36. The Morgan fingerprint density at radius 1 is 0.920 bits per heavy atom. The first-order valence-corrected chi connectivity index (χ1v) is 9.88. The summed E-state index contributed by atoms with van der Waals surface area (Å²) < 4.78 is 5.91. The molecule has 0 fully saturated rings. The maximum absolute atomic E-state index is 5.95. The molecule has 2 nitrogen and oxygen atoms in total. The minimum Gasteiger partial charge on any atom is -0.492 e. The number of benzene rings is 2. The van der Waals surface area contributed by atoms with Gasteiger partial charge in [-0.2, -0.15) is 0 Å². The summed E-state index contributed by atoms with van der Waals surface area (Å²) in [6.07, 6.45) is 0. The Kier molecular flexibility index (Phi) is 11.1. The van der Waals surface area contributed by atoms with Crippen LogP contribution in [0.25, 0.3) is 0 Å². The summed E-state index contributed by atoms with van der Waals surface area (Å²) in [5.74, 6) is 2.68. The number of nitrogens with zero attached hydrogens (tertiary/aromatic N) is 1. The molecular formula is C20H27Cl2NOS. The van der Waals surface area contributed by atoms with Crippen molar-refractivity contribution in [1.29, 1.82) is 0 Å². The smallest absolute Gasteiger partial charge is 0.122 e. The van der Waals surface area contributed by atoms with E-state index in [1.54, 1.807) is 0 Å². The molecule has 5 heteroatoms. The topological polar surface area (TPSA) is 12.5 Å². The maximum atomic E-state index is 5.95. The molecule has 0 spiro atoms. The number of alkyl halides is 1. The average Bonchev–Trinajstić information content (AvgIpc) is 2.58. The van der Waals surface area contributed by atoms with Crippen molar-refractivity contribution in [2.45, 2.75) is 18.7 Å². The van der Waals surface area contributed by atoms with E-state index in [0.717, 1.165) is 31.1 Å². The van der Waals surface area contributed by atoms with Crippen LogP contribution in [0.15, 0.2) is 53.4 Å². The van der Waals surface area contributed by atoms with Gasteiger partial charge in [-0.1, -0.05) is 36.4 Å². The molecule has 0 bridgehead atoms. The molecule has 0 saturated heterocycles. The van der Waals surface area contributed by atoms with Crippen LogP contribution in [-0.4, -0.2) is 42.8 Å². The lowest BCUT2D eigenvalue weighted by Crippen LogP contribution is -2.32. The predicted molar refractivity (Wildman–Crippen MR) is 113 cm³/mol. The molecule has 0 unspecified atom stereocenters. The van der Waals surface area contributed by atoms with Crippen LogP contribution in [0.5, 0.6) is 5.75 Å². The van der Waals surface area contributed by atoms with E-state index < -0.39 is 0 Å². The molecule has 0 atom stereocenters. The van der Waals surface area contributed by atoms with E-state index in [4.69, 9.17) is 16.3 Å². The van der Waals surface area contributed by atoms with Crippen molar-refractivity contribution in [3.8, 4) is 5.75 Å². The number of halogens is 2. The van der Waals surface area contributed by atoms with Gasteiger partial charge in [-0.25, -0.2) is 0 Å². The summed E-state index contributed by atoms with van der Waals surface area (Å²) in [7, 11) is 0. The number of hydrogen-bond donors (Lipinski definition) is 0. The van der Waals surface area contributed by atoms with Gasteiger partial charge in [-0.3, -0.25) is 4.90 Å². The predicted octanol–water partition coefficient (Wildman–Crippen LogP) is 5.44. The van der Waals surface area contributed by atoms with Gasteiger partial charge in [0.2, 0.25) is 0 Å². The number of para-hydroxylation sites is 1. The van der Waals surface area contributed by atoms with E-state index >= 15 is 0 Å². The van der Waals surface area contributed by atoms with Gasteiger partial charge in [-0.15, -0.1) is 35.8 Å². The molecule has 2 aromatic rings. The zero-order chi connectivity index (χ0) is 17.2. The zero-order valence-corrected chi connectivity index (χ0v) is 17.3. The number of hydrogen-bond acceptors (Lipinski definition) is 3. The fourth-order valence-electron chi connectivity index (χ4n) is 2.46. The lowest BCUT2D eigenvalue weighted by atomic mass is 10.2. The number of rotatable bonds is 10. The third kappa shape index (κ3) is 7.91. The summed E-state index contributed by atoms with van der Waals surface area (Å²) in [5.41, 5.74) is 2.52. The van der Waals surface area contributed by atoms with Crippen molar-refractivity contribution in [1.82, 2.24) is 4.90 Å². The van der Waals surface area contributed by atoms with Crippen LogP contribution in [0, 0.1) is 13.8 Å². The Labute approximate surface area is 167 Å². The van der Waals surface area contributed by atoms with Gasteiger partial charge in [0.1, 0.15) is 12.4 Å². The Balaban J connectivity index is 0.00000312. The largest absolute Gasteiger partial charge is 0.492 e. The molecule has 138 valence electrons. The minimum absolute atomic E-state index is 0. The van der Waals surface area contributed by atoms with Crippen molar-refractivity contribution in [3.05, 3.63) is 59.7 Å². The molecule has 0 aliphatic rings. The lowest BCUT2D eigenvalue weighted by Gasteiger charge is -2.21. The molecule has 0 N–H and O–H groups in total. The third-order valence-electron chi connectivity index (χ3n) is 3.92. The highest BCUT2D eigenvalue weighted by Crippen LogP contribution is 2.21. The van der Waals surface area contributed by atoms with E-state index in [1.165, 1.54) is 16.0 Å². The van der Waals surface area contributed by atoms with Gasteiger partial charge < -0.3 is 4.74 Å². The molecule has 0 aliphatic carbocycles. The standard InChI is InChI=1S/C20H26ClNOS.ClH/c1-17-7-3-5-9-19(17)23-15-13-22(12-11-21)14-16-24-20-10-6-4-8-18(20)2;/h3-10H,11-16H2,1-2H3;1H. The van der Waals surface area contributed by atoms with Crippen molar-refractivity contribution >= 4 is 35.8 Å². The minimum atomic E-state index is 0. The quantitative estimate of drug-likeness (QED) is 0.389. The second kappa shape index (κ2) is 12.5. The van der Waals surface area contributed by atoms with Crippen LogP contribution in [0.4, 0.5) is 0 Å². The molecule has 0 saturated carbocycles. The fraction of sp³-hybridized carbons (Fsp3) is 0.400. The van der Waals surface area contributed by atoms with E-state index in [9.17, 15) is 0 Å². The molecule has 2 aromatic carbocycles. The maximum Gasteiger partial charge on any atom is 0.122 e. The SMILES string of the molecule is Cc1ccccc1OCCN(CCCl)CCSc1ccccc1C.Cl. The number of thioether (sulfide) groups is 1. The van der Waals surface area contributed by atoms with Gasteiger partial charge in [0.15, 0.2) is 0 Å². The van der Waals surface area contributed by atoms with Crippen molar-refractivity contribution < 1.29 is 4.74 Å². The second-order valence-electron chi connectivity index (χ2n) is 5.76. The highest BCUT2D eigenvalue weighted by Gasteiger charge is 2.06. The third-order valence-corrected chi connectivity index (χ3v) is 5.24. The van der Waals surface area contributed by atoms with Crippen molar-refractivity contribution in [3.63, 3.8) is 0 Å². The number of ether oxygens (including phenoxy) is 1. The molecule has 0 heterocycles. The highest BCUT2D eigenvalue weighted by atomic mass is 35.5. The Hall–Kier alpha value is -0.870. The number of aryl methyl sites for hydroxylation is 2. The first-order chi connectivity index (χ1) is 11.7. The van der Waals surface area contributed by atoms with Crippen LogP contribution in [-0.2, 0) is 0 Å². The van der Waals surface area contributed by atoms with E-state index in [-0.39, 0.29) is 12.4 Å². The van der Waals surface area contributed by atoms with E-state index in [2.05, 4.69) is 49.1 Å². The monoisotopic (exact) mass is 399 g/mol. The van der Waals surface area contributed by atoms with Crippen LogP contribution in [0.1, 0.15) is 11.1 Å². The molecule has 25 heavy (non-hydrogen) atoms. The van der Waals surface area contributed by atoms with Crippen LogP contribution in [0.3, 0.4) is 0 Å². The van der Waals surface area contributed by atoms with Gasteiger partial charge >= 0.3 is 0 Å². The molecule has 0 radical (unpaired) electrons. The van der Waals surface area contributed by atoms with Crippen LogP contribution < -0.4 is 4.74 Å². The fourth-order valence-corrected chi connectivity index (χ4v) is 3.74. The lowest BCUT2D eigenvalue weighted by molar-refractivity contribution is 0.224. The molecule has 0 amide bonds. The summed E-state index contributed by atoms with van der Waals surface area (Å²) in [4.78, 5) is 3.73. The van der Waals surface area contributed by atoms with Crippen molar-refractivity contribution in [2.24, 2.45) is 0 Å². The van der Waals surface area contributed by atoms with Crippen LogP contribution in [0.2, 0.25) is 0 Å². The van der Waals surface area contributed by atoms with Gasteiger partial charge in [0.05, 0.1) is 0 Å². The van der Waals surface area contributed by atoms with Crippen molar-refractivity contribution in [2.75, 3.05) is 37.9 Å². The van der Waals surface area contributed by atoms with Gasteiger partial charge in [0, 0.05) is 36.2 Å². The normalized spacial score (nSPS) is 10.6. The van der Waals surface area contributed by atoms with E-state index in [1.807, 2.05) is 30.0 Å². The Morgan fingerprint density at radius 2 is 1.60 bits per heavy atom. The Bertz CT molecular complexity index is 573. The molecule has 2 rings (SSSR count). The highest BCUT2D eigenvalue weighted by molar-refractivity contribution is 7.99.